The van der Waals surface area contributed by atoms with Crippen LogP contribution in [0.5, 0.6) is 0 Å². The number of benzene rings is 1. The normalized spacial score (nSPS) is 11.5. The summed E-state index contributed by atoms with van der Waals surface area (Å²) in [4.78, 5) is 2.65. The highest BCUT2D eigenvalue weighted by atomic mass is 15.1. The molecule has 0 fully saturated rings. The lowest BCUT2D eigenvalue weighted by Gasteiger charge is -2.23. The van der Waals surface area contributed by atoms with Crippen LogP contribution < -0.4 is 0 Å². The molecular weight excluding hydrogens is 254 g/mol. The van der Waals surface area contributed by atoms with Gasteiger partial charge in [0.15, 0.2) is 0 Å². The summed E-state index contributed by atoms with van der Waals surface area (Å²) in [7, 11) is 0. The number of rotatable bonds is 11. The maximum atomic E-state index is 2.65. The smallest absolute Gasteiger partial charge is 0.0236 e. The molecule has 0 atom stereocenters. The van der Waals surface area contributed by atoms with E-state index in [1.54, 1.807) is 11.1 Å². The molecule has 0 aliphatic heterocycles. The van der Waals surface area contributed by atoms with Crippen LogP contribution in [0.3, 0.4) is 0 Å². The standard InChI is InChI=1S/C20H35N/c1-5-7-15-21(16-8-6-2)17-20-12-10-9-11-19(20)14-13-18(3)4/h9-12,18H,5-8,13-17H2,1-4H3. The Labute approximate surface area is 132 Å². The van der Waals surface area contributed by atoms with Crippen LogP contribution in [0.4, 0.5) is 0 Å². The number of hydrogen-bond donors (Lipinski definition) is 0. The lowest BCUT2D eigenvalue weighted by molar-refractivity contribution is 0.256. The minimum absolute atomic E-state index is 0.786. The van der Waals surface area contributed by atoms with Crippen molar-refractivity contribution in [3.05, 3.63) is 35.4 Å². The van der Waals surface area contributed by atoms with Gasteiger partial charge >= 0.3 is 0 Å². The van der Waals surface area contributed by atoms with Crippen molar-refractivity contribution in [1.29, 1.82) is 0 Å². The largest absolute Gasteiger partial charge is 0.299 e. The second kappa shape index (κ2) is 10.8. The molecule has 0 aliphatic rings. The maximum Gasteiger partial charge on any atom is 0.0236 e. The van der Waals surface area contributed by atoms with Crippen LogP contribution in [0, 0.1) is 5.92 Å². The van der Waals surface area contributed by atoms with Gasteiger partial charge in [0.1, 0.15) is 0 Å². The van der Waals surface area contributed by atoms with E-state index in [9.17, 15) is 0 Å². The predicted molar refractivity (Wildman–Crippen MR) is 94.7 cm³/mol. The third-order valence-electron chi connectivity index (χ3n) is 4.16. The Morgan fingerprint density at radius 2 is 1.48 bits per heavy atom. The van der Waals surface area contributed by atoms with Crippen molar-refractivity contribution >= 4 is 0 Å². The molecule has 0 unspecified atom stereocenters. The molecule has 0 spiro atoms. The van der Waals surface area contributed by atoms with Crippen molar-refractivity contribution in [3.63, 3.8) is 0 Å². The number of nitrogens with zero attached hydrogens (tertiary/aromatic N) is 1. The number of hydrogen-bond acceptors (Lipinski definition) is 1. The molecule has 0 aliphatic carbocycles. The molecule has 1 aromatic rings. The van der Waals surface area contributed by atoms with Crippen molar-refractivity contribution in [2.45, 2.75) is 72.8 Å². The first-order valence-corrected chi connectivity index (χ1v) is 8.96. The number of unbranched alkanes of at least 4 members (excludes halogenated alkanes) is 2. The quantitative estimate of drug-likeness (QED) is 0.507. The summed E-state index contributed by atoms with van der Waals surface area (Å²) in [5.41, 5.74) is 3.11. The fraction of sp³-hybridized carbons (Fsp3) is 0.700. The Morgan fingerprint density at radius 3 is 2.00 bits per heavy atom. The molecule has 21 heavy (non-hydrogen) atoms. The Morgan fingerprint density at radius 1 is 0.905 bits per heavy atom. The van der Waals surface area contributed by atoms with E-state index in [1.807, 2.05) is 0 Å². The molecule has 0 saturated carbocycles. The molecular formula is C20H35N. The van der Waals surface area contributed by atoms with Gasteiger partial charge in [-0.15, -0.1) is 0 Å². The average molecular weight is 290 g/mol. The van der Waals surface area contributed by atoms with Gasteiger partial charge in [-0.2, -0.15) is 0 Å². The van der Waals surface area contributed by atoms with Crippen LogP contribution in [-0.2, 0) is 13.0 Å². The summed E-state index contributed by atoms with van der Waals surface area (Å²) < 4.78 is 0. The van der Waals surface area contributed by atoms with Gasteiger partial charge in [0.2, 0.25) is 0 Å². The molecule has 0 radical (unpaired) electrons. The minimum atomic E-state index is 0.786. The molecule has 0 bridgehead atoms. The van der Waals surface area contributed by atoms with Crippen molar-refractivity contribution in [2.24, 2.45) is 5.92 Å². The summed E-state index contributed by atoms with van der Waals surface area (Å²) in [6.45, 7) is 12.8. The molecule has 0 amide bonds. The van der Waals surface area contributed by atoms with Crippen LogP contribution >= 0.6 is 0 Å². The fourth-order valence-electron chi connectivity index (χ4n) is 2.67. The summed E-state index contributed by atoms with van der Waals surface area (Å²) in [6, 6.07) is 9.06. The van der Waals surface area contributed by atoms with Crippen LogP contribution in [0.2, 0.25) is 0 Å². The van der Waals surface area contributed by atoms with Crippen LogP contribution in [0.25, 0.3) is 0 Å². The molecule has 1 nitrogen and oxygen atoms in total. The lowest BCUT2D eigenvalue weighted by atomic mass is 9.98. The molecule has 0 N–H and O–H groups in total. The summed E-state index contributed by atoms with van der Waals surface area (Å²) in [6.07, 6.45) is 7.73. The Hall–Kier alpha value is -0.820. The highest BCUT2D eigenvalue weighted by Crippen LogP contribution is 2.17. The molecule has 1 heteroatoms. The van der Waals surface area contributed by atoms with Crippen LogP contribution in [0.1, 0.15) is 70.9 Å². The lowest BCUT2D eigenvalue weighted by Crippen LogP contribution is -2.26. The zero-order chi connectivity index (χ0) is 15.5. The van der Waals surface area contributed by atoms with E-state index in [0.29, 0.717) is 0 Å². The molecule has 120 valence electrons. The van der Waals surface area contributed by atoms with Crippen molar-refractivity contribution < 1.29 is 0 Å². The van der Waals surface area contributed by atoms with Gasteiger partial charge in [-0.3, -0.25) is 4.90 Å². The molecule has 1 aromatic carbocycles. The van der Waals surface area contributed by atoms with Gasteiger partial charge < -0.3 is 0 Å². The fourth-order valence-corrected chi connectivity index (χ4v) is 2.67. The average Bonchev–Trinajstić information content (AvgIpc) is 2.48. The Kier molecular flexibility index (Phi) is 9.41. The van der Waals surface area contributed by atoms with E-state index in [0.717, 1.165) is 12.5 Å². The first-order valence-electron chi connectivity index (χ1n) is 8.96. The molecule has 0 aromatic heterocycles. The predicted octanol–water partition coefficient (Wildman–Crippen LogP) is 5.68. The van der Waals surface area contributed by atoms with Crippen molar-refractivity contribution in [2.75, 3.05) is 13.1 Å². The third kappa shape index (κ3) is 7.66. The minimum Gasteiger partial charge on any atom is -0.299 e. The Bertz CT molecular complexity index is 362. The molecule has 0 heterocycles. The van der Waals surface area contributed by atoms with Gasteiger partial charge in [-0.25, -0.2) is 0 Å². The zero-order valence-electron chi connectivity index (χ0n) is 14.7. The SMILES string of the molecule is CCCCN(CCCC)Cc1ccccc1CCC(C)C. The maximum absolute atomic E-state index is 2.65. The topological polar surface area (TPSA) is 3.24 Å². The van der Waals surface area contributed by atoms with E-state index >= 15 is 0 Å². The molecule has 1 rings (SSSR count). The van der Waals surface area contributed by atoms with E-state index in [2.05, 4.69) is 56.9 Å². The monoisotopic (exact) mass is 289 g/mol. The van der Waals surface area contributed by atoms with Crippen LogP contribution in [0.15, 0.2) is 24.3 Å². The van der Waals surface area contributed by atoms with Gasteiger partial charge in [0, 0.05) is 6.54 Å². The van der Waals surface area contributed by atoms with E-state index in [4.69, 9.17) is 0 Å². The molecule has 0 saturated heterocycles. The first-order chi connectivity index (χ1) is 10.2. The van der Waals surface area contributed by atoms with Crippen molar-refractivity contribution in [3.8, 4) is 0 Å². The van der Waals surface area contributed by atoms with Gasteiger partial charge in [0.25, 0.3) is 0 Å². The van der Waals surface area contributed by atoms with E-state index < -0.39 is 0 Å². The van der Waals surface area contributed by atoms with Gasteiger partial charge in [-0.1, -0.05) is 64.8 Å². The highest BCUT2D eigenvalue weighted by molar-refractivity contribution is 5.27. The zero-order valence-corrected chi connectivity index (χ0v) is 14.7. The van der Waals surface area contributed by atoms with Gasteiger partial charge in [0.05, 0.1) is 0 Å². The summed E-state index contributed by atoms with van der Waals surface area (Å²) >= 11 is 0. The number of aryl methyl sites for hydroxylation is 1. The van der Waals surface area contributed by atoms with Gasteiger partial charge in [-0.05, 0) is 55.8 Å². The second-order valence-corrected chi connectivity index (χ2v) is 6.68. The highest BCUT2D eigenvalue weighted by Gasteiger charge is 2.09. The van der Waals surface area contributed by atoms with E-state index in [-0.39, 0.29) is 0 Å². The second-order valence-electron chi connectivity index (χ2n) is 6.68. The summed E-state index contributed by atoms with van der Waals surface area (Å²) in [5.74, 6) is 0.786. The van der Waals surface area contributed by atoms with Crippen molar-refractivity contribution in [1.82, 2.24) is 4.90 Å². The first kappa shape index (κ1) is 18.2. The Balaban J connectivity index is 2.67. The van der Waals surface area contributed by atoms with E-state index in [1.165, 1.54) is 51.6 Å². The van der Waals surface area contributed by atoms with Crippen LogP contribution in [-0.4, -0.2) is 18.0 Å². The summed E-state index contributed by atoms with van der Waals surface area (Å²) in [5, 5.41) is 0. The third-order valence-corrected chi connectivity index (χ3v) is 4.16.